The summed E-state index contributed by atoms with van der Waals surface area (Å²) in [7, 11) is 0. The van der Waals surface area contributed by atoms with Crippen molar-refractivity contribution in [1.29, 1.82) is 0 Å². The molecule has 0 saturated carbocycles. The number of hydrogen-bond donors (Lipinski definition) is 2. The summed E-state index contributed by atoms with van der Waals surface area (Å²) in [5, 5.41) is 12.0. The number of carbonyl (C=O) groups is 1. The number of anilines is 1. The number of aromatic nitrogens is 1. The predicted octanol–water partition coefficient (Wildman–Crippen LogP) is 1.77. The molecule has 0 aliphatic heterocycles. The summed E-state index contributed by atoms with van der Waals surface area (Å²) in [5.41, 5.74) is 2.34. The third kappa shape index (κ3) is 2.44. The predicted molar refractivity (Wildman–Crippen MR) is 77.6 cm³/mol. The van der Waals surface area contributed by atoms with E-state index in [4.69, 9.17) is 5.11 Å². The van der Waals surface area contributed by atoms with E-state index in [9.17, 15) is 4.79 Å². The van der Waals surface area contributed by atoms with Crippen molar-refractivity contribution in [3.8, 4) is 11.8 Å². The number of hydrogen-bond acceptors (Lipinski definition) is 4. The first-order chi connectivity index (χ1) is 9.78. The number of rotatable bonds is 2. The molecule has 0 fully saturated rings. The molecule has 2 aromatic rings. The second kappa shape index (κ2) is 5.45. The summed E-state index contributed by atoms with van der Waals surface area (Å²) in [5.74, 6) is 5.21. The summed E-state index contributed by atoms with van der Waals surface area (Å²) in [6.45, 7) is -0.182. The zero-order valence-electron chi connectivity index (χ0n) is 10.6. The van der Waals surface area contributed by atoms with E-state index in [1.807, 2.05) is 24.3 Å². The maximum Gasteiger partial charge on any atom is 0.234 e. The number of benzene rings is 1. The first-order valence-electron chi connectivity index (χ1n) is 6.22. The van der Waals surface area contributed by atoms with Crippen LogP contribution >= 0.6 is 11.3 Å². The lowest BCUT2D eigenvalue weighted by molar-refractivity contribution is -0.118. The van der Waals surface area contributed by atoms with Crippen LogP contribution in [0, 0.1) is 11.8 Å². The Morgan fingerprint density at radius 2 is 2.35 bits per heavy atom. The Bertz CT molecular complexity index is 712. The average Bonchev–Trinajstić information content (AvgIpc) is 2.85. The van der Waals surface area contributed by atoms with Crippen LogP contribution in [-0.4, -0.2) is 22.6 Å². The molecule has 4 nitrogen and oxygen atoms in total. The number of amides is 1. The van der Waals surface area contributed by atoms with E-state index < -0.39 is 0 Å². The fraction of sp³-hybridized carbons (Fsp3) is 0.200. The molecule has 0 bridgehead atoms. The topological polar surface area (TPSA) is 62.2 Å². The lowest BCUT2D eigenvalue weighted by Crippen LogP contribution is -2.30. The number of fused-ring (bicyclic) bond motifs is 1. The van der Waals surface area contributed by atoms with Crippen molar-refractivity contribution in [2.24, 2.45) is 0 Å². The van der Waals surface area contributed by atoms with Gasteiger partial charge >= 0.3 is 0 Å². The van der Waals surface area contributed by atoms with E-state index >= 15 is 0 Å². The van der Waals surface area contributed by atoms with Gasteiger partial charge in [-0.25, -0.2) is 4.98 Å². The van der Waals surface area contributed by atoms with Gasteiger partial charge in [-0.1, -0.05) is 47.4 Å². The van der Waals surface area contributed by atoms with Crippen LogP contribution in [-0.2, 0) is 11.2 Å². The Morgan fingerprint density at radius 3 is 3.15 bits per heavy atom. The van der Waals surface area contributed by atoms with Crippen LogP contribution in [0.1, 0.15) is 21.9 Å². The van der Waals surface area contributed by atoms with Crippen molar-refractivity contribution >= 4 is 22.4 Å². The van der Waals surface area contributed by atoms with E-state index in [2.05, 4.69) is 22.1 Å². The Morgan fingerprint density at radius 1 is 1.50 bits per heavy atom. The van der Waals surface area contributed by atoms with E-state index in [1.54, 1.807) is 6.20 Å². The van der Waals surface area contributed by atoms with Gasteiger partial charge in [-0.05, 0) is 17.5 Å². The number of aliphatic hydroxyl groups excluding tert-OH is 1. The Hall–Kier alpha value is -2.16. The highest BCUT2D eigenvalue weighted by atomic mass is 32.1. The van der Waals surface area contributed by atoms with Crippen LogP contribution in [0.25, 0.3) is 0 Å². The number of thiazole rings is 1. The molecule has 1 aliphatic rings. The second-order valence-corrected chi connectivity index (χ2v) is 5.46. The first kappa shape index (κ1) is 12.9. The van der Waals surface area contributed by atoms with Crippen LogP contribution < -0.4 is 5.32 Å². The number of nitrogens with zero attached hydrogens (tertiary/aromatic N) is 1. The van der Waals surface area contributed by atoms with Gasteiger partial charge in [0.1, 0.15) is 6.61 Å². The Labute approximate surface area is 120 Å². The molecule has 1 unspecified atom stereocenters. The summed E-state index contributed by atoms with van der Waals surface area (Å²) in [6.07, 6.45) is 2.38. The molecule has 2 N–H and O–H groups in total. The van der Waals surface area contributed by atoms with Crippen molar-refractivity contribution in [2.75, 3.05) is 11.9 Å². The van der Waals surface area contributed by atoms with Gasteiger partial charge in [-0.2, -0.15) is 0 Å². The van der Waals surface area contributed by atoms with E-state index in [-0.39, 0.29) is 18.4 Å². The van der Waals surface area contributed by atoms with Gasteiger partial charge in [0.15, 0.2) is 5.13 Å². The van der Waals surface area contributed by atoms with Crippen molar-refractivity contribution in [3.63, 3.8) is 0 Å². The molecule has 0 saturated heterocycles. The number of aliphatic hydroxyl groups is 1. The minimum absolute atomic E-state index is 0.0280. The highest BCUT2D eigenvalue weighted by molar-refractivity contribution is 7.16. The molecule has 1 heterocycles. The largest absolute Gasteiger partial charge is 0.384 e. The third-order valence-corrected chi connectivity index (χ3v) is 4.03. The second-order valence-electron chi connectivity index (χ2n) is 4.43. The van der Waals surface area contributed by atoms with Crippen molar-refractivity contribution in [1.82, 2.24) is 4.98 Å². The Kier molecular flexibility index (Phi) is 3.50. The van der Waals surface area contributed by atoms with Gasteiger partial charge in [0, 0.05) is 0 Å². The number of nitrogens with one attached hydrogen (secondary N) is 1. The van der Waals surface area contributed by atoms with Crippen molar-refractivity contribution in [2.45, 2.75) is 12.3 Å². The zero-order chi connectivity index (χ0) is 13.9. The highest BCUT2D eigenvalue weighted by Gasteiger charge is 2.31. The van der Waals surface area contributed by atoms with Crippen molar-refractivity contribution < 1.29 is 9.90 Å². The molecular formula is C15H12N2O2S. The van der Waals surface area contributed by atoms with E-state index in [0.29, 0.717) is 5.13 Å². The number of carbonyl (C=O) groups excluding carboxylic acids is 1. The van der Waals surface area contributed by atoms with Gasteiger partial charge < -0.3 is 10.4 Å². The smallest absolute Gasteiger partial charge is 0.234 e. The van der Waals surface area contributed by atoms with Gasteiger partial charge in [0.25, 0.3) is 0 Å². The van der Waals surface area contributed by atoms with Crippen LogP contribution in [0.3, 0.4) is 0 Å². The van der Waals surface area contributed by atoms with Gasteiger partial charge in [0.2, 0.25) is 5.91 Å². The zero-order valence-corrected chi connectivity index (χ0v) is 11.4. The third-order valence-electron chi connectivity index (χ3n) is 3.20. The standard InChI is InChI=1S/C15H12N2O2S/c18-7-3-5-11-9-16-15(20-11)17-14(19)13-8-10-4-1-2-6-12(10)13/h1-2,4,6,9,13,18H,7-8H2,(H,16,17,19). The fourth-order valence-corrected chi connectivity index (χ4v) is 2.90. The maximum absolute atomic E-state index is 12.2. The van der Waals surface area contributed by atoms with Gasteiger partial charge in [-0.3, -0.25) is 4.79 Å². The SMILES string of the molecule is O=C(Nc1ncc(C#CCO)s1)C1Cc2ccccc21. The molecule has 1 aromatic carbocycles. The molecule has 0 radical (unpaired) electrons. The average molecular weight is 284 g/mol. The van der Waals surface area contributed by atoms with E-state index in [0.717, 1.165) is 16.9 Å². The lowest BCUT2D eigenvalue weighted by atomic mass is 9.77. The first-order valence-corrected chi connectivity index (χ1v) is 7.04. The van der Waals surface area contributed by atoms with Crippen LogP contribution in [0.4, 0.5) is 5.13 Å². The normalized spacial score (nSPS) is 15.6. The molecule has 20 heavy (non-hydrogen) atoms. The fourth-order valence-electron chi connectivity index (χ4n) is 2.20. The molecule has 3 rings (SSSR count). The molecular weight excluding hydrogens is 272 g/mol. The van der Waals surface area contributed by atoms with Gasteiger partial charge in [-0.15, -0.1) is 0 Å². The summed E-state index contributed by atoms with van der Waals surface area (Å²) in [6, 6.07) is 7.97. The van der Waals surface area contributed by atoms with Crippen LogP contribution in [0.5, 0.6) is 0 Å². The van der Waals surface area contributed by atoms with Crippen LogP contribution in [0.2, 0.25) is 0 Å². The molecule has 0 spiro atoms. The molecule has 1 aliphatic carbocycles. The quantitative estimate of drug-likeness (QED) is 0.826. The minimum atomic E-state index is -0.182. The van der Waals surface area contributed by atoms with Crippen LogP contribution in [0.15, 0.2) is 30.5 Å². The molecule has 5 heteroatoms. The highest BCUT2D eigenvalue weighted by Crippen LogP contribution is 2.35. The molecule has 1 amide bonds. The summed E-state index contributed by atoms with van der Waals surface area (Å²) >= 11 is 1.31. The van der Waals surface area contributed by atoms with E-state index in [1.165, 1.54) is 16.9 Å². The lowest BCUT2D eigenvalue weighted by Gasteiger charge is -2.28. The molecule has 1 atom stereocenters. The summed E-state index contributed by atoms with van der Waals surface area (Å²) in [4.78, 5) is 17.0. The minimum Gasteiger partial charge on any atom is -0.384 e. The monoisotopic (exact) mass is 284 g/mol. The van der Waals surface area contributed by atoms with Crippen molar-refractivity contribution in [3.05, 3.63) is 46.5 Å². The molecule has 1 aromatic heterocycles. The Balaban J connectivity index is 1.67. The molecule has 100 valence electrons. The maximum atomic E-state index is 12.2. The van der Waals surface area contributed by atoms with Gasteiger partial charge in [0.05, 0.1) is 17.0 Å². The summed E-state index contributed by atoms with van der Waals surface area (Å²) < 4.78 is 0.